The van der Waals surface area contributed by atoms with Gasteiger partial charge in [-0.25, -0.2) is 9.97 Å². The molecule has 0 aliphatic carbocycles. The molecule has 0 fully saturated rings. The molecular weight excluding hydrogens is 681 g/mol. The number of hydrogen-bond acceptors (Lipinski definition) is 2. The van der Waals surface area contributed by atoms with Gasteiger partial charge >= 0.3 is 0 Å². The molecule has 2 aliphatic rings. The highest BCUT2D eigenvalue weighted by atomic mass is 14.8. The van der Waals surface area contributed by atoms with Crippen molar-refractivity contribution >= 4 is 44.4 Å². The molecule has 56 heavy (non-hydrogen) atoms. The first-order valence-electron chi connectivity index (χ1n) is 21.5. The first-order valence-corrected chi connectivity index (χ1v) is 21.5. The van der Waals surface area contributed by atoms with Crippen molar-refractivity contribution < 1.29 is 0 Å². The minimum absolute atomic E-state index is 0.981. The summed E-state index contributed by atoms with van der Waals surface area (Å²) >= 11 is 0. The van der Waals surface area contributed by atoms with Crippen LogP contribution in [0.1, 0.15) is 151 Å². The molecule has 0 radical (unpaired) electrons. The third-order valence-corrected chi connectivity index (χ3v) is 12.1. The van der Waals surface area contributed by atoms with Crippen molar-refractivity contribution in [2.45, 2.75) is 132 Å². The summed E-state index contributed by atoms with van der Waals surface area (Å²) < 4.78 is 0. The largest absolute Gasteiger partial charge is 0.657 e. The Kier molecular flexibility index (Phi) is 12.2. The zero-order chi connectivity index (χ0) is 39.3. The Balaban J connectivity index is 1.75. The number of aromatic nitrogens is 4. The zero-order valence-electron chi connectivity index (χ0n) is 35.2. The van der Waals surface area contributed by atoms with Crippen LogP contribution >= 0.6 is 0 Å². The van der Waals surface area contributed by atoms with Crippen LogP contribution in [0, 0.1) is 13.8 Å². The summed E-state index contributed by atoms with van der Waals surface area (Å²) in [5, 5.41) is 0. The highest BCUT2D eigenvalue weighted by molar-refractivity contribution is 6.03. The average molecular weight is 741 g/mol. The Hall–Kier alpha value is -4.96. The van der Waals surface area contributed by atoms with E-state index in [0.717, 1.165) is 144 Å². The van der Waals surface area contributed by atoms with E-state index < -0.39 is 0 Å². The molecule has 0 spiro atoms. The molecule has 4 nitrogen and oxygen atoms in total. The summed E-state index contributed by atoms with van der Waals surface area (Å²) in [5.41, 5.74) is 23.2. The highest BCUT2D eigenvalue weighted by Gasteiger charge is 2.26. The second-order valence-electron chi connectivity index (χ2n) is 16.0. The predicted octanol–water partition coefficient (Wildman–Crippen LogP) is 14.5. The topological polar surface area (TPSA) is 54.0 Å². The molecule has 0 unspecified atom stereocenters. The van der Waals surface area contributed by atoms with Crippen molar-refractivity contribution in [2.75, 3.05) is 0 Å². The second-order valence-corrected chi connectivity index (χ2v) is 16.0. The van der Waals surface area contributed by atoms with Crippen molar-refractivity contribution in [2.24, 2.45) is 0 Å². The van der Waals surface area contributed by atoms with Gasteiger partial charge in [0.1, 0.15) is 0 Å². The van der Waals surface area contributed by atoms with E-state index in [1.54, 1.807) is 0 Å². The molecule has 3 aromatic heterocycles. The maximum Gasteiger partial charge on any atom is 0.0769 e. The first kappa shape index (κ1) is 39.3. The lowest BCUT2D eigenvalue weighted by molar-refractivity contribution is 0.796. The van der Waals surface area contributed by atoms with Gasteiger partial charge in [-0.05, 0) is 118 Å². The van der Waals surface area contributed by atoms with Gasteiger partial charge < -0.3 is 9.97 Å². The lowest BCUT2D eigenvalue weighted by Gasteiger charge is -2.16. The molecule has 0 amide bonds. The van der Waals surface area contributed by atoms with Gasteiger partial charge in [-0.1, -0.05) is 148 Å². The van der Waals surface area contributed by atoms with Crippen molar-refractivity contribution in [1.29, 1.82) is 0 Å². The van der Waals surface area contributed by atoms with E-state index in [-0.39, 0.29) is 0 Å². The van der Waals surface area contributed by atoms with E-state index in [2.05, 4.69) is 128 Å². The van der Waals surface area contributed by atoms with Crippen LogP contribution in [-0.2, 0) is 12.8 Å². The fourth-order valence-electron chi connectivity index (χ4n) is 8.79. The molecular formula is C52H60N4-2. The molecule has 2 aromatic carbocycles. The SMILES string of the molecule is CCCCC1=C(C)c2nc1cc1[n-]c(c(C)c1CCCC)c(-c1ccccc1)c1[n-]c(cc3nc(c2-c2ccccc2)C(C)=C3CCCC)c(CCCC)c1C. The van der Waals surface area contributed by atoms with Crippen molar-refractivity contribution in [3.8, 4) is 22.3 Å². The van der Waals surface area contributed by atoms with Crippen LogP contribution in [0.4, 0.5) is 0 Å². The van der Waals surface area contributed by atoms with Gasteiger partial charge in [0.15, 0.2) is 0 Å². The van der Waals surface area contributed by atoms with E-state index >= 15 is 0 Å². The Bertz CT molecular complexity index is 2310. The number of aryl methyl sites for hydroxylation is 4. The number of hydrogen-bond donors (Lipinski definition) is 0. The molecule has 0 saturated carbocycles. The lowest BCUT2D eigenvalue weighted by Crippen LogP contribution is -1.93. The van der Waals surface area contributed by atoms with E-state index in [4.69, 9.17) is 19.9 Å². The normalized spacial score (nSPS) is 13.0. The Morgan fingerprint density at radius 1 is 0.464 bits per heavy atom. The van der Waals surface area contributed by atoms with Crippen LogP contribution in [0.25, 0.3) is 66.6 Å². The Morgan fingerprint density at radius 2 is 0.839 bits per heavy atom. The number of nitrogens with zero attached hydrogens (tertiary/aromatic N) is 4. The summed E-state index contributed by atoms with van der Waals surface area (Å²) in [7, 11) is 0. The lowest BCUT2D eigenvalue weighted by atomic mass is 9.92. The molecule has 0 saturated heterocycles. The highest BCUT2D eigenvalue weighted by Crippen LogP contribution is 2.45. The van der Waals surface area contributed by atoms with E-state index in [1.165, 1.54) is 44.5 Å². The van der Waals surface area contributed by atoms with Crippen molar-refractivity contribution in [1.82, 2.24) is 19.9 Å². The third kappa shape index (κ3) is 7.48. The van der Waals surface area contributed by atoms with Gasteiger partial charge in [0.2, 0.25) is 0 Å². The first-order chi connectivity index (χ1) is 27.3. The molecule has 8 bridgehead atoms. The standard InChI is InChI=1S/C52H60N4/c1-9-13-27-39-33(5)49-47(37-23-19-17-20-24-37)50-35(7)41(29-15-11-3)45(55-50)32-46-42(30-16-12-4)36(8)52(56-46)48(38-25-21-18-22-26-38)51-34(6)40(28-14-10-2)44(54-51)31-43(39)53-49/h17-26,31-32H,9-16,27-30H2,1-8H3/q-2. The van der Waals surface area contributed by atoms with Gasteiger partial charge in [0.05, 0.1) is 22.8 Å². The van der Waals surface area contributed by atoms with Crippen molar-refractivity contribution in [3.63, 3.8) is 0 Å². The molecule has 4 heteroatoms. The quantitative estimate of drug-likeness (QED) is 0.114. The molecule has 0 N–H and O–H groups in total. The van der Waals surface area contributed by atoms with Crippen LogP contribution in [0.2, 0.25) is 0 Å². The van der Waals surface area contributed by atoms with Crippen LogP contribution in [0.5, 0.6) is 0 Å². The van der Waals surface area contributed by atoms with Crippen LogP contribution < -0.4 is 9.97 Å². The smallest absolute Gasteiger partial charge is 0.0769 e. The molecule has 5 aromatic rings. The van der Waals surface area contributed by atoms with Gasteiger partial charge in [-0.2, -0.15) is 0 Å². The zero-order valence-corrected chi connectivity index (χ0v) is 35.2. The van der Waals surface area contributed by atoms with Gasteiger partial charge in [0.25, 0.3) is 0 Å². The Morgan fingerprint density at radius 3 is 1.23 bits per heavy atom. The fourth-order valence-corrected chi connectivity index (χ4v) is 8.79. The maximum atomic E-state index is 5.65. The van der Waals surface area contributed by atoms with Gasteiger partial charge in [0, 0.05) is 5.56 Å². The van der Waals surface area contributed by atoms with Crippen LogP contribution in [0.3, 0.4) is 0 Å². The van der Waals surface area contributed by atoms with Crippen molar-refractivity contribution in [3.05, 3.63) is 118 Å². The summed E-state index contributed by atoms with van der Waals surface area (Å²) in [6.07, 6.45) is 12.9. The Labute approximate surface area is 335 Å². The molecule has 5 heterocycles. The van der Waals surface area contributed by atoms with Crippen LogP contribution in [0.15, 0.2) is 72.8 Å². The van der Waals surface area contributed by atoms with E-state index in [9.17, 15) is 0 Å². The number of allylic oxidation sites excluding steroid dienone is 4. The minimum Gasteiger partial charge on any atom is -0.657 e. The number of unbranched alkanes of at least 4 members (excludes halogenated alkanes) is 4. The van der Waals surface area contributed by atoms with E-state index in [1.807, 2.05) is 0 Å². The molecule has 0 atom stereocenters. The van der Waals surface area contributed by atoms with E-state index in [0.29, 0.717) is 0 Å². The minimum atomic E-state index is 0.981. The summed E-state index contributed by atoms with van der Waals surface area (Å²) in [6, 6.07) is 26.3. The number of fused-ring (bicyclic) bond motifs is 8. The average Bonchev–Trinajstić information content (AvgIpc) is 3.89. The maximum absolute atomic E-state index is 5.65. The summed E-state index contributed by atoms with van der Waals surface area (Å²) in [6.45, 7) is 18.3. The monoisotopic (exact) mass is 740 g/mol. The fraction of sp³-hybridized carbons (Fsp3) is 0.385. The second kappa shape index (κ2) is 17.5. The molecule has 290 valence electrons. The summed E-state index contributed by atoms with van der Waals surface area (Å²) in [5.74, 6) is 0. The predicted molar refractivity (Wildman–Crippen MR) is 241 cm³/mol. The summed E-state index contributed by atoms with van der Waals surface area (Å²) in [4.78, 5) is 22.6. The van der Waals surface area contributed by atoms with Crippen LogP contribution in [-0.4, -0.2) is 9.97 Å². The van der Waals surface area contributed by atoms with Gasteiger partial charge in [-0.3, -0.25) is 0 Å². The third-order valence-electron chi connectivity index (χ3n) is 12.1. The molecule has 7 rings (SSSR count). The van der Waals surface area contributed by atoms with Gasteiger partial charge in [-0.15, -0.1) is 22.1 Å². The molecule has 2 aliphatic heterocycles. The number of rotatable bonds is 14. The number of benzene rings is 2.